The molecule has 1 rings (SSSR count). The lowest BCUT2D eigenvalue weighted by Crippen LogP contribution is -2.46. The monoisotopic (exact) mass is 291 g/mol. The van der Waals surface area contributed by atoms with E-state index in [2.05, 4.69) is 5.32 Å². The summed E-state index contributed by atoms with van der Waals surface area (Å²) < 4.78 is 0. The zero-order valence-corrected chi connectivity index (χ0v) is 11.3. The minimum Gasteiger partial charge on any atom is -0.479 e. The first kappa shape index (κ1) is 14.9. The van der Waals surface area contributed by atoms with Gasteiger partial charge in [-0.25, -0.2) is 4.79 Å². The molecule has 1 unspecified atom stereocenters. The van der Waals surface area contributed by atoms with Crippen LogP contribution in [0.25, 0.3) is 0 Å². The van der Waals surface area contributed by atoms with Crippen LogP contribution < -0.4 is 5.32 Å². The van der Waals surface area contributed by atoms with Gasteiger partial charge in [0.05, 0.1) is 11.6 Å². The number of carbonyl (C=O) groups excluding carboxylic acids is 1. The highest BCUT2D eigenvalue weighted by Gasteiger charge is 2.30. The van der Waals surface area contributed by atoms with E-state index in [1.54, 1.807) is 11.4 Å². The van der Waals surface area contributed by atoms with E-state index in [1.807, 2.05) is 0 Å². The number of amides is 1. The summed E-state index contributed by atoms with van der Waals surface area (Å²) in [6, 6.07) is 1.78. The van der Waals surface area contributed by atoms with Crippen molar-refractivity contribution in [1.29, 1.82) is 0 Å². The van der Waals surface area contributed by atoms with E-state index < -0.39 is 11.6 Å². The first-order chi connectivity index (χ1) is 8.31. The molecule has 1 aromatic heterocycles. The minimum atomic E-state index is -1.94. The van der Waals surface area contributed by atoms with Crippen molar-refractivity contribution in [2.75, 3.05) is 6.54 Å². The van der Waals surface area contributed by atoms with Gasteiger partial charge in [-0.3, -0.25) is 4.79 Å². The van der Waals surface area contributed by atoms with Gasteiger partial charge in [0, 0.05) is 16.7 Å². The third-order valence-corrected chi connectivity index (χ3v) is 3.65. The summed E-state index contributed by atoms with van der Waals surface area (Å²) in [5, 5.41) is 22.9. The Bertz CT molecular complexity index is 444. The molecule has 3 N–H and O–H groups in total. The number of aliphatic carboxylic acids is 1. The fraction of sp³-hybridized carbons (Fsp3) is 0.455. The van der Waals surface area contributed by atoms with Crippen LogP contribution >= 0.6 is 22.9 Å². The van der Waals surface area contributed by atoms with Crippen molar-refractivity contribution in [2.24, 2.45) is 0 Å². The van der Waals surface area contributed by atoms with Crippen LogP contribution in [0.15, 0.2) is 11.4 Å². The van der Waals surface area contributed by atoms with Crippen molar-refractivity contribution < 1.29 is 19.8 Å². The molecule has 0 aromatic carbocycles. The van der Waals surface area contributed by atoms with Gasteiger partial charge >= 0.3 is 5.97 Å². The highest BCUT2D eigenvalue weighted by Crippen LogP contribution is 2.20. The van der Waals surface area contributed by atoms with E-state index in [0.29, 0.717) is 11.4 Å². The van der Waals surface area contributed by atoms with Crippen LogP contribution in [0.2, 0.25) is 5.02 Å². The Morgan fingerprint density at radius 2 is 2.22 bits per heavy atom. The summed E-state index contributed by atoms with van der Waals surface area (Å²) in [7, 11) is 0. The lowest BCUT2D eigenvalue weighted by atomic mass is 10.1. The molecule has 0 saturated carbocycles. The third-order valence-electron chi connectivity index (χ3n) is 2.31. The predicted molar refractivity (Wildman–Crippen MR) is 68.9 cm³/mol. The molecule has 5 nitrogen and oxygen atoms in total. The molecule has 0 spiro atoms. The molecule has 18 heavy (non-hydrogen) atoms. The number of nitrogens with one attached hydrogen (secondary N) is 1. The van der Waals surface area contributed by atoms with Crippen LogP contribution in [0.5, 0.6) is 0 Å². The van der Waals surface area contributed by atoms with E-state index in [9.17, 15) is 14.7 Å². The van der Waals surface area contributed by atoms with Crippen LogP contribution in [0.3, 0.4) is 0 Å². The van der Waals surface area contributed by atoms with Gasteiger partial charge in [0.2, 0.25) is 5.91 Å². The number of thiophene rings is 1. The van der Waals surface area contributed by atoms with Gasteiger partial charge in [0.25, 0.3) is 0 Å². The molecule has 7 heteroatoms. The van der Waals surface area contributed by atoms with E-state index in [-0.39, 0.29) is 18.9 Å². The van der Waals surface area contributed by atoms with Crippen molar-refractivity contribution in [3.8, 4) is 0 Å². The highest BCUT2D eigenvalue weighted by molar-refractivity contribution is 7.10. The Labute approximate surface area is 113 Å². The molecule has 0 fully saturated rings. The number of aryl methyl sites for hydroxylation is 1. The maximum Gasteiger partial charge on any atom is 0.337 e. The zero-order chi connectivity index (χ0) is 13.8. The number of carboxylic acid groups (broad SMARTS) is 1. The maximum atomic E-state index is 11.4. The average molecular weight is 292 g/mol. The molecule has 0 saturated heterocycles. The zero-order valence-electron chi connectivity index (χ0n) is 9.77. The summed E-state index contributed by atoms with van der Waals surface area (Å²) in [5.74, 6) is -1.67. The molecular formula is C11H14ClNO4S. The number of carbonyl (C=O) groups is 2. The van der Waals surface area contributed by atoms with Crippen LogP contribution in [0, 0.1) is 0 Å². The smallest absolute Gasteiger partial charge is 0.337 e. The normalized spacial score (nSPS) is 13.9. The van der Waals surface area contributed by atoms with Crippen LogP contribution in [0.4, 0.5) is 0 Å². The summed E-state index contributed by atoms with van der Waals surface area (Å²) >= 11 is 7.21. The Morgan fingerprint density at radius 1 is 1.56 bits per heavy atom. The number of rotatable bonds is 6. The third kappa shape index (κ3) is 4.64. The topological polar surface area (TPSA) is 86.6 Å². The van der Waals surface area contributed by atoms with Gasteiger partial charge < -0.3 is 15.5 Å². The molecule has 0 aliphatic rings. The van der Waals surface area contributed by atoms with E-state index in [1.165, 1.54) is 11.3 Å². The Morgan fingerprint density at radius 3 is 2.72 bits per heavy atom. The van der Waals surface area contributed by atoms with Gasteiger partial charge in [-0.2, -0.15) is 0 Å². The Kier molecular flexibility index (Phi) is 5.13. The lowest BCUT2D eigenvalue weighted by Gasteiger charge is -2.18. The second-order valence-electron chi connectivity index (χ2n) is 4.09. The van der Waals surface area contributed by atoms with Crippen molar-refractivity contribution in [3.05, 3.63) is 21.3 Å². The summed E-state index contributed by atoms with van der Waals surface area (Å²) in [4.78, 5) is 23.0. The lowest BCUT2D eigenvalue weighted by molar-refractivity contribution is -0.156. The Balaban J connectivity index is 2.32. The van der Waals surface area contributed by atoms with Gasteiger partial charge in [-0.15, -0.1) is 11.3 Å². The van der Waals surface area contributed by atoms with E-state index in [0.717, 1.165) is 11.8 Å². The summed E-state index contributed by atoms with van der Waals surface area (Å²) in [6.07, 6.45) is 0.769. The Hall–Kier alpha value is -1.11. The second-order valence-corrected chi connectivity index (χ2v) is 5.52. The molecule has 0 aliphatic carbocycles. The summed E-state index contributed by atoms with van der Waals surface area (Å²) in [6.45, 7) is 0.820. The molecule has 0 radical (unpaired) electrons. The predicted octanol–water partition coefficient (Wildman–Crippen LogP) is 1.29. The van der Waals surface area contributed by atoms with Crippen molar-refractivity contribution in [1.82, 2.24) is 5.32 Å². The molecule has 1 amide bonds. The average Bonchev–Trinajstić information content (AvgIpc) is 2.69. The largest absolute Gasteiger partial charge is 0.479 e. The van der Waals surface area contributed by atoms with E-state index in [4.69, 9.17) is 16.7 Å². The molecule has 100 valence electrons. The second kappa shape index (κ2) is 6.17. The highest BCUT2D eigenvalue weighted by atomic mass is 35.5. The molecule has 1 heterocycles. The molecule has 1 atom stereocenters. The van der Waals surface area contributed by atoms with Gasteiger partial charge in [0.15, 0.2) is 5.60 Å². The standard InChI is InChI=1S/C11H14ClNO4S/c1-11(17,10(15)16)6-13-9(14)3-2-8-4-7(12)5-18-8/h4-5,17H,2-3,6H2,1H3,(H,13,14)(H,15,16). The minimum absolute atomic E-state index is 0.229. The fourth-order valence-electron chi connectivity index (χ4n) is 1.16. The number of halogens is 1. The van der Waals surface area contributed by atoms with Crippen molar-refractivity contribution in [3.63, 3.8) is 0 Å². The molecule has 1 aromatic rings. The summed E-state index contributed by atoms with van der Waals surface area (Å²) in [5.41, 5.74) is -1.94. The molecular weight excluding hydrogens is 278 g/mol. The first-order valence-corrected chi connectivity index (χ1v) is 6.52. The van der Waals surface area contributed by atoms with E-state index >= 15 is 0 Å². The van der Waals surface area contributed by atoms with Gasteiger partial charge in [-0.1, -0.05) is 11.6 Å². The number of hydrogen-bond donors (Lipinski definition) is 3. The quantitative estimate of drug-likeness (QED) is 0.737. The SMILES string of the molecule is CC(O)(CNC(=O)CCc1cc(Cl)cs1)C(=O)O. The first-order valence-electron chi connectivity index (χ1n) is 5.26. The van der Waals surface area contributed by atoms with Crippen LogP contribution in [0.1, 0.15) is 18.2 Å². The van der Waals surface area contributed by atoms with Crippen molar-refractivity contribution >= 4 is 34.8 Å². The fourth-order valence-corrected chi connectivity index (χ4v) is 2.23. The number of carboxylic acids is 1. The van der Waals surface area contributed by atoms with Crippen molar-refractivity contribution in [2.45, 2.75) is 25.4 Å². The van der Waals surface area contributed by atoms with Crippen LogP contribution in [-0.4, -0.2) is 34.2 Å². The van der Waals surface area contributed by atoms with Gasteiger partial charge in [0.1, 0.15) is 0 Å². The maximum absolute atomic E-state index is 11.4. The van der Waals surface area contributed by atoms with Crippen LogP contribution in [-0.2, 0) is 16.0 Å². The molecule has 0 aliphatic heterocycles. The number of hydrogen-bond acceptors (Lipinski definition) is 4. The number of aliphatic hydroxyl groups is 1. The molecule has 0 bridgehead atoms. The van der Waals surface area contributed by atoms with Gasteiger partial charge in [-0.05, 0) is 19.4 Å².